The van der Waals surface area contributed by atoms with Gasteiger partial charge in [-0.1, -0.05) is 0 Å². The van der Waals surface area contributed by atoms with Crippen molar-refractivity contribution in [2.45, 2.75) is 25.5 Å². The molecule has 0 radical (unpaired) electrons. The van der Waals surface area contributed by atoms with Gasteiger partial charge < -0.3 is 14.4 Å². The maximum atomic E-state index is 12.8. The smallest absolute Gasteiger partial charge is 0.196 e. The predicted octanol–water partition coefficient (Wildman–Crippen LogP) is 2.82. The van der Waals surface area contributed by atoms with E-state index in [-0.39, 0.29) is 17.6 Å². The van der Waals surface area contributed by atoms with Crippen LogP contribution in [0.5, 0.6) is 5.75 Å². The largest absolute Gasteiger partial charge is 0.507 e. The lowest BCUT2D eigenvalue weighted by molar-refractivity contribution is 0.0953. The first-order valence-electron chi connectivity index (χ1n) is 7.94. The first-order valence-corrected chi connectivity index (χ1v) is 8.73. The Kier molecular flexibility index (Phi) is 3.70. The van der Waals surface area contributed by atoms with Crippen molar-refractivity contribution < 1.29 is 14.6 Å². The van der Waals surface area contributed by atoms with E-state index in [1.165, 1.54) is 12.8 Å². The van der Waals surface area contributed by atoms with E-state index in [0.717, 1.165) is 36.2 Å². The molecule has 2 aliphatic rings. The highest BCUT2D eigenvalue weighted by atomic mass is 79.9. The third-order valence-electron chi connectivity index (χ3n) is 4.83. The molecule has 0 bridgehead atoms. The molecule has 2 aliphatic heterocycles. The third-order valence-corrected chi connectivity index (χ3v) is 5.47. The molecule has 2 fully saturated rings. The summed E-state index contributed by atoms with van der Waals surface area (Å²) in [5.41, 5.74) is 2.67. The monoisotopic (exact) mass is 378 g/mol. The second-order valence-corrected chi connectivity index (χ2v) is 7.23. The van der Waals surface area contributed by atoms with Gasteiger partial charge in [0.25, 0.3) is 0 Å². The van der Waals surface area contributed by atoms with Crippen LogP contribution in [0, 0.1) is 0 Å². The summed E-state index contributed by atoms with van der Waals surface area (Å²) in [6, 6.07) is 3.56. The molecule has 0 amide bonds. The molecule has 23 heavy (non-hydrogen) atoms. The summed E-state index contributed by atoms with van der Waals surface area (Å²) in [6.07, 6.45) is 2.11. The number of hydrogen-bond acceptors (Lipinski definition) is 4. The Bertz CT molecular complexity index is 789. The number of Topliss-reactive ketones (excluding diaryl/α,β-unsaturated/α-hetero) is 1. The van der Waals surface area contributed by atoms with Gasteiger partial charge in [0.2, 0.25) is 0 Å². The van der Waals surface area contributed by atoms with Crippen LogP contribution < -0.4 is 0 Å². The number of aromatic nitrogens is 1. The fourth-order valence-corrected chi connectivity index (χ4v) is 3.80. The van der Waals surface area contributed by atoms with Crippen LogP contribution in [0.25, 0.3) is 10.9 Å². The molecule has 2 saturated heterocycles. The normalized spacial score (nSPS) is 21.2. The van der Waals surface area contributed by atoms with E-state index < -0.39 is 0 Å². The van der Waals surface area contributed by atoms with E-state index in [9.17, 15) is 9.90 Å². The fraction of sp³-hybridized carbons (Fsp3) is 0.471. The summed E-state index contributed by atoms with van der Waals surface area (Å²) in [6.45, 7) is 3.41. The van der Waals surface area contributed by atoms with Gasteiger partial charge in [0.15, 0.2) is 5.78 Å². The molecule has 0 saturated carbocycles. The van der Waals surface area contributed by atoms with Crippen LogP contribution in [0.1, 0.15) is 28.9 Å². The lowest BCUT2D eigenvalue weighted by Crippen LogP contribution is -2.22. The zero-order chi connectivity index (χ0) is 16.1. The molecule has 1 atom stereocenters. The van der Waals surface area contributed by atoms with Gasteiger partial charge >= 0.3 is 0 Å². The Morgan fingerprint density at radius 1 is 1.39 bits per heavy atom. The molecular weight excluding hydrogens is 360 g/mol. The van der Waals surface area contributed by atoms with Crippen molar-refractivity contribution in [2.24, 2.45) is 7.05 Å². The Morgan fingerprint density at radius 2 is 2.09 bits per heavy atom. The summed E-state index contributed by atoms with van der Waals surface area (Å²) in [5.74, 6) is 0.188. The van der Waals surface area contributed by atoms with Crippen LogP contribution >= 0.6 is 15.9 Å². The Hall–Kier alpha value is -1.37. The number of aryl methyl sites for hydroxylation is 1. The van der Waals surface area contributed by atoms with E-state index in [4.69, 9.17) is 4.74 Å². The van der Waals surface area contributed by atoms with E-state index in [0.29, 0.717) is 16.6 Å². The van der Waals surface area contributed by atoms with Gasteiger partial charge in [0, 0.05) is 24.7 Å². The molecule has 122 valence electrons. The second-order valence-electron chi connectivity index (χ2n) is 6.37. The molecule has 4 rings (SSSR count). The van der Waals surface area contributed by atoms with Crippen LogP contribution in [0.3, 0.4) is 0 Å². The number of fused-ring (bicyclic) bond motifs is 1. The molecule has 0 aliphatic carbocycles. The van der Waals surface area contributed by atoms with Crippen LogP contribution in [-0.4, -0.2) is 46.2 Å². The van der Waals surface area contributed by atoms with Gasteiger partial charge in [0.1, 0.15) is 11.9 Å². The van der Waals surface area contributed by atoms with Crippen molar-refractivity contribution in [1.29, 1.82) is 0 Å². The zero-order valence-electron chi connectivity index (χ0n) is 13.0. The average molecular weight is 379 g/mol. The molecule has 2 aromatic rings. The van der Waals surface area contributed by atoms with Crippen LogP contribution in [0.2, 0.25) is 0 Å². The number of epoxide rings is 1. The Morgan fingerprint density at radius 3 is 2.74 bits per heavy atom. The van der Waals surface area contributed by atoms with Crippen molar-refractivity contribution in [3.63, 3.8) is 0 Å². The first-order chi connectivity index (χ1) is 11.1. The number of benzene rings is 1. The maximum absolute atomic E-state index is 12.8. The highest BCUT2D eigenvalue weighted by Crippen LogP contribution is 2.36. The lowest BCUT2D eigenvalue weighted by atomic mass is 10.0. The highest BCUT2D eigenvalue weighted by molar-refractivity contribution is 9.10. The number of nitrogens with zero attached hydrogens (tertiary/aromatic N) is 2. The molecule has 1 unspecified atom stereocenters. The average Bonchev–Trinajstić information content (AvgIpc) is 3.20. The third kappa shape index (κ3) is 2.58. The number of ether oxygens (including phenoxy) is 1. The number of likely N-dealkylation sites (tertiary alicyclic amines) is 1. The number of halogens is 1. The number of rotatable bonds is 4. The van der Waals surface area contributed by atoms with Crippen molar-refractivity contribution in [3.8, 4) is 5.75 Å². The van der Waals surface area contributed by atoms with Gasteiger partial charge in [-0.05, 0) is 54.0 Å². The number of phenolic OH excluding ortho intramolecular Hbond substituents is 1. The number of aromatic hydroxyl groups is 1. The van der Waals surface area contributed by atoms with E-state index in [1.54, 1.807) is 6.07 Å². The van der Waals surface area contributed by atoms with Crippen molar-refractivity contribution in [1.82, 2.24) is 9.47 Å². The summed E-state index contributed by atoms with van der Waals surface area (Å²) in [5, 5.41) is 10.9. The van der Waals surface area contributed by atoms with Crippen LogP contribution in [0.4, 0.5) is 0 Å². The number of phenols is 1. The van der Waals surface area contributed by atoms with Crippen LogP contribution in [-0.2, 0) is 18.3 Å². The molecule has 1 aromatic heterocycles. The summed E-state index contributed by atoms with van der Waals surface area (Å²) in [7, 11) is 1.99. The van der Waals surface area contributed by atoms with Gasteiger partial charge in [-0.2, -0.15) is 0 Å². The molecule has 1 N–H and O–H groups in total. The lowest BCUT2D eigenvalue weighted by Gasteiger charge is -2.16. The number of carbonyl (C=O) groups is 1. The summed E-state index contributed by atoms with van der Waals surface area (Å²) in [4.78, 5) is 15.2. The van der Waals surface area contributed by atoms with E-state index in [2.05, 4.69) is 25.4 Å². The highest BCUT2D eigenvalue weighted by Gasteiger charge is 2.36. The van der Waals surface area contributed by atoms with Gasteiger partial charge in [-0.25, -0.2) is 0 Å². The minimum Gasteiger partial charge on any atom is -0.507 e. The fourth-order valence-electron chi connectivity index (χ4n) is 3.47. The number of ketones is 1. The van der Waals surface area contributed by atoms with E-state index >= 15 is 0 Å². The quantitative estimate of drug-likeness (QED) is 0.656. The minimum atomic E-state index is -0.316. The number of hydrogen-bond donors (Lipinski definition) is 1. The maximum Gasteiger partial charge on any atom is 0.196 e. The minimum absolute atomic E-state index is 0.0338. The second kappa shape index (κ2) is 5.61. The van der Waals surface area contributed by atoms with Gasteiger partial charge in [0.05, 0.1) is 22.2 Å². The molecule has 6 heteroatoms. The topological polar surface area (TPSA) is 58.0 Å². The summed E-state index contributed by atoms with van der Waals surface area (Å²) >= 11 is 3.37. The van der Waals surface area contributed by atoms with Crippen molar-refractivity contribution in [2.75, 3.05) is 19.7 Å². The van der Waals surface area contributed by atoms with Crippen LogP contribution in [0.15, 0.2) is 16.6 Å². The zero-order valence-corrected chi connectivity index (χ0v) is 14.6. The van der Waals surface area contributed by atoms with Crippen molar-refractivity contribution >= 4 is 32.6 Å². The Labute approximate surface area is 143 Å². The first kappa shape index (κ1) is 15.2. The molecule has 1 aromatic carbocycles. The standard InChI is InChI=1S/C17H19BrN2O3/c1-19-12-7-11(18)14(21)6-10(12)16(17(22)15-9-23-15)13(19)8-20-4-2-3-5-20/h6-7,15,21H,2-5,8-9H2,1H3. The van der Waals surface area contributed by atoms with Crippen molar-refractivity contribution in [3.05, 3.63) is 27.9 Å². The van der Waals surface area contributed by atoms with Gasteiger partial charge in [-0.3, -0.25) is 9.69 Å². The van der Waals surface area contributed by atoms with Gasteiger partial charge in [-0.15, -0.1) is 0 Å². The summed E-state index contributed by atoms with van der Waals surface area (Å²) < 4.78 is 7.93. The molecule has 3 heterocycles. The number of carbonyl (C=O) groups excluding carboxylic acids is 1. The Balaban J connectivity index is 1.88. The molecular formula is C17H19BrN2O3. The predicted molar refractivity (Wildman–Crippen MR) is 90.9 cm³/mol. The SMILES string of the molecule is Cn1c(CN2CCCC2)c(C(=O)C2CO2)c2cc(O)c(Br)cc21. The molecule has 5 nitrogen and oxygen atoms in total. The van der Waals surface area contributed by atoms with E-state index in [1.807, 2.05) is 13.1 Å². The molecule has 0 spiro atoms.